The van der Waals surface area contributed by atoms with Crippen molar-refractivity contribution in [2.45, 2.75) is 26.4 Å². The molecule has 0 aliphatic carbocycles. The molecular formula is C12H17N5. The number of rotatable bonds is 6. The third-order valence-electron chi connectivity index (χ3n) is 2.47. The van der Waals surface area contributed by atoms with Crippen molar-refractivity contribution in [2.75, 3.05) is 6.54 Å². The van der Waals surface area contributed by atoms with E-state index in [0.29, 0.717) is 0 Å². The topological polar surface area (TPSA) is 55.6 Å². The maximum absolute atomic E-state index is 4.33. The molecule has 2 aromatic heterocycles. The summed E-state index contributed by atoms with van der Waals surface area (Å²) in [6.07, 6.45) is 8.50. The number of nitrogens with one attached hydrogen (secondary N) is 1. The Morgan fingerprint density at radius 1 is 1.35 bits per heavy atom. The quantitative estimate of drug-likeness (QED) is 0.758. The molecule has 0 aliphatic heterocycles. The average molecular weight is 231 g/mol. The van der Waals surface area contributed by atoms with Crippen molar-refractivity contribution in [2.24, 2.45) is 0 Å². The third-order valence-corrected chi connectivity index (χ3v) is 2.47. The van der Waals surface area contributed by atoms with Crippen LogP contribution in [0, 0.1) is 6.92 Å². The lowest BCUT2D eigenvalue weighted by Gasteiger charge is -2.05. The molecule has 0 saturated heterocycles. The summed E-state index contributed by atoms with van der Waals surface area (Å²) in [5, 5.41) is 3.37. The minimum absolute atomic E-state index is 0.799. The van der Waals surface area contributed by atoms with E-state index in [1.54, 1.807) is 12.4 Å². The van der Waals surface area contributed by atoms with Gasteiger partial charge >= 0.3 is 0 Å². The highest BCUT2D eigenvalue weighted by molar-refractivity contribution is 5.00. The molecule has 0 amide bonds. The highest BCUT2D eigenvalue weighted by Gasteiger charge is 1.95. The highest BCUT2D eigenvalue weighted by Crippen LogP contribution is 1.94. The molecular weight excluding hydrogens is 214 g/mol. The van der Waals surface area contributed by atoms with Gasteiger partial charge in [0.15, 0.2) is 0 Å². The van der Waals surface area contributed by atoms with Gasteiger partial charge in [-0.1, -0.05) is 0 Å². The van der Waals surface area contributed by atoms with Crippen molar-refractivity contribution in [1.29, 1.82) is 0 Å². The molecule has 0 atom stereocenters. The molecule has 2 rings (SSSR count). The third kappa shape index (κ3) is 3.96. The van der Waals surface area contributed by atoms with Gasteiger partial charge in [0.1, 0.15) is 5.82 Å². The summed E-state index contributed by atoms with van der Waals surface area (Å²) >= 11 is 0. The van der Waals surface area contributed by atoms with Crippen molar-refractivity contribution in [3.05, 3.63) is 42.5 Å². The largest absolute Gasteiger partial charge is 0.337 e. The maximum Gasteiger partial charge on any atom is 0.125 e. The molecule has 0 saturated carbocycles. The van der Waals surface area contributed by atoms with Crippen LogP contribution >= 0.6 is 0 Å². The van der Waals surface area contributed by atoms with E-state index in [1.807, 2.05) is 25.5 Å². The molecule has 0 fully saturated rings. The van der Waals surface area contributed by atoms with Gasteiger partial charge in [-0.05, 0) is 26.0 Å². The molecule has 0 radical (unpaired) electrons. The van der Waals surface area contributed by atoms with Gasteiger partial charge in [0, 0.05) is 31.7 Å². The van der Waals surface area contributed by atoms with Crippen molar-refractivity contribution in [1.82, 2.24) is 24.8 Å². The molecule has 5 nitrogen and oxygen atoms in total. The number of hydrogen-bond donors (Lipinski definition) is 1. The molecule has 0 aromatic carbocycles. The number of hydrogen-bond acceptors (Lipinski definition) is 4. The van der Waals surface area contributed by atoms with Crippen molar-refractivity contribution >= 4 is 0 Å². The first-order valence-electron chi connectivity index (χ1n) is 5.79. The van der Waals surface area contributed by atoms with E-state index < -0.39 is 0 Å². The van der Waals surface area contributed by atoms with E-state index in [2.05, 4.69) is 24.8 Å². The van der Waals surface area contributed by atoms with Crippen LogP contribution in [-0.2, 0) is 13.1 Å². The van der Waals surface area contributed by atoms with Gasteiger partial charge in [0.2, 0.25) is 0 Å². The number of aromatic nitrogens is 4. The Morgan fingerprint density at radius 3 is 3.06 bits per heavy atom. The van der Waals surface area contributed by atoms with Gasteiger partial charge in [-0.25, -0.2) is 15.0 Å². The summed E-state index contributed by atoms with van der Waals surface area (Å²) in [5.74, 6) is 0.822. The van der Waals surface area contributed by atoms with Gasteiger partial charge in [-0.3, -0.25) is 0 Å². The van der Waals surface area contributed by atoms with Crippen LogP contribution in [-0.4, -0.2) is 26.1 Å². The highest BCUT2D eigenvalue weighted by atomic mass is 15.0. The Morgan fingerprint density at radius 2 is 2.29 bits per heavy atom. The van der Waals surface area contributed by atoms with Crippen LogP contribution in [0.1, 0.15) is 17.9 Å². The molecule has 0 bridgehead atoms. The molecule has 17 heavy (non-hydrogen) atoms. The van der Waals surface area contributed by atoms with E-state index in [1.165, 1.54) is 0 Å². The zero-order valence-corrected chi connectivity index (χ0v) is 10.0. The number of imidazole rings is 1. The monoisotopic (exact) mass is 231 g/mol. The van der Waals surface area contributed by atoms with Gasteiger partial charge in [0.25, 0.3) is 0 Å². The molecule has 1 N–H and O–H groups in total. The molecule has 0 aliphatic rings. The fourth-order valence-electron chi connectivity index (χ4n) is 1.63. The second-order valence-corrected chi connectivity index (χ2v) is 3.93. The number of nitrogens with zero attached hydrogens (tertiary/aromatic N) is 4. The van der Waals surface area contributed by atoms with Gasteiger partial charge in [-0.2, -0.15) is 0 Å². The minimum Gasteiger partial charge on any atom is -0.337 e. The normalized spacial score (nSPS) is 10.6. The smallest absolute Gasteiger partial charge is 0.125 e. The molecule has 2 aromatic rings. The molecule has 90 valence electrons. The lowest BCUT2D eigenvalue weighted by Crippen LogP contribution is -2.17. The Balaban J connectivity index is 1.63. The number of aryl methyl sites for hydroxylation is 2. The van der Waals surface area contributed by atoms with Crippen LogP contribution in [0.3, 0.4) is 0 Å². The van der Waals surface area contributed by atoms with E-state index in [9.17, 15) is 0 Å². The van der Waals surface area contributed by atoms with Crippen LogP contribution in [0.25, 0.3) is 0 Å². The zero-order chi connectivity index (χ0) is 11.9. The summed E-state index contributed by atoms with van der Waals surface area (Å²) in [6, 6.07) is 1.94. The summed E-state index contributed by atoms with van der Waals surface area (Å²) in [6.45, 7) is 4.67. The first-order valence-corrected chi connectivity index (χ1v) is 5.79. The molecule has 0 spiro atoms. The van der Waals surface area contributed by atoms with Gasteiger partial charge in [-0.15, -0.1) is 0 Å². The lowest BCUT2D eigenvalue weighted by atomic mass is 10.3. The minimum atomic E-state index is 0.799. The summed E-state index contributed by atoms with van der Waals surface area (Å²) in [5.41, 5.74) is 1.04. The molecule has 2 heterocycles. The fourth-order valence-corrected chi connectivity index (χ4v) is 1.63. The SMILES string of the molecule is Cc1nccc(CNCCCn2ccnc2)n1. The van der Waals surface area contributed by atoms with Gasteiger partial charge < -0.3 is 9.88 Å². The summed E-state index contributed by atoms with van der Waals surface area (Å²) in [7, 11) is 0. The van der Waals surface area contributed by atoms with Crippen molar-refractivity contribution in [3.8, 4) is 0 Å². The van der Waals surface area contributed by atoms with Crippen LogP contribution in [0.5, 0.6) is 0 Å². The van der Waals surface area contributed by atoms with E-state index in [0.717, 1.165) is 37.6 Å². The fraction of sp³-hybridized carbons (Fsp3) is 0.417. The van der Waals surface area contributed by atoms with Crippen molar-refractivity contribution < 1.29 is 0 Å². The van der Waals surface area contributed by atoms with E-state index >= 15 is 0 Å². The lowest BCUT2D eigenvalue weighted by molar-refractivity contribution is 0.576. The van der Waals surface area contributed by atoms with E-state index in [4.69, 9.17) is 0 Å². The van der Waals surface area contributed by atoms with Gasteiger partial charge in [0.05, 0.1) is 12.0 Å². The van der Waals surface area contributed by atoms with Crippen LogP contribution < -0.4 is 5.32 Å². The van der Waals surface area contributed by atoms with Crippen molar-refractivity contribution in [3.63, 3.8) is 0 Å². The maximum atomic E-state index is 4.33. The Labute approximate surface area is 101 Å². The second-order valence-electron chi connectivity index (χ2n) is 3.93. The Bertz CT molecular complexity index is 438. The summed E-state index contributed by atoms with van der Waals surface area (Å²) < 4.78 is 2.08. The zero-order valence-electron chi connectivity index (χ0n) is 10.0. The Kier molecular flexibility index (Phi) is 4.21. The predicted octanol–water partition coefficient (Wildman–Crippen LogP) is 1.16. The van der Waals surface area contributed by atoms with Crippen LogP contribution in [0.4, 0.5) is 0 Å². The van der Waals surface area contributed by atoms with Crippen LogP contribution in [0.15, 0.2) is 31.0 Å². The average Bonchev–Trinajstić information content (AvgIpc) is 2.82. The second kappa shape index (κ2) is 6.10. The first-order chi connectivity index (χ1) is 8.34. The molecule has 0 unspecified atom stereocenters. The summed E-state index contributed by atoms with van der Waals surface area (Å²) in [4.78, 5) is 12.4. The predicted molar refractivity (Wildman–Crippen MR) is 65.3 cm³/mol. The molecule has 5 heteroatoms. The van der Waals surface area contributed by atoms with E-state index in [-0.39, 0.29) is 0 Å². The standard InChI is InChI=1S/C12H17N5/c1-11-15-5-3-12(16-11)9-13-4-2-7-17-8-6-14-10-17/h3,5-6,8,10,13H,2,4,7,9H2,1H3. The Hall–Kier alpha value is -1.75. The first kappa shape index (κ1) is 11.7. The van der Waals surface area contributed by atoms with Crippen LogP contribution in [0.2, 0.25) is 0 Å².